The Hall–Kier alpha value is -0.770. The molecule has 110 valence electrons. The number of ether oxygens (including phenoxy) is 1. The third-order valence-electron chi connectivity index (χ3n) is 4.39. The highest BCUT2D eigenvalue weighted by Crippen LogP contribution is 2.33. The van der Waals surface area contributed by atoms with Gasteiger partial charge in [-0.3, -0.25) is 0 Å². The fraction of sp³-hybridized carbons (Fsp3) is 0.625. The minimum absolute atomic E-state index is 0.0733. The molecule has 0 bridgehead atoms. The molecule has 0 spiro atoms. The monoisotopic (exact) mass is 295 g/mol. The largest absolute Gasteiger partial charge is 0.493 e. The van der Waals surface area contributed by atoms with Crippen LogP contribution in [0.1, 0.15) is 36.8 Å². The molecule has 0 unspecified atom stereocenters. The minimum atomic E-state index is -0.0733. The number of aliphatic hydroxyl groups excluding tert-OH is 1. The SMILES string of the molecule is OC1CCC(CNCc2cc(Cl)cc3c2OCC3)CC1. The molecule has 0 amide bonds. The van der Waals surface area contributed by atoms with Gasteiger partial charge in [-0.2, -0.15) is 0 Å². The van der Waals surface area contributed by atoms with Crippen LogP contribution in [0, 0.1) is 5.92 Å². The molecule has 1 aromatic carbocycles. The van der Waals surface area contributed by atoms with Crippen LogP contribution in [-0.4, -0.2) is 24.4 Å². The number of aliphatic hydroxyl groups is 1. The first-order valence-corrected chi connectivity index (χ1v) is 7.93. The number of halogens is 1. The van der Waals surface area contributed by atoms with Crippen LogP contribution in [0.4, 0.5) is 0 Å². The van der Waals surface area contributed by atoms with Crippen molar-refractivity contribution < 1.29 is 9.84 Å². The fourth-order valence-electron chi connectivity index (χ4n) is 3.24. The van der Waals surface area contributed by atoms with Gasteiger partial charge in [0.25, 0.3) is 0 Å². The minimum Gasteiger partial charge on any atom is -0.493 e. The van der Waals surface area contributed by atoms with E-state index in [0.717, 1.165) is 62.6 Å². The smallest absolute Gasteiger partial charge is 0.127 e. The van der Waals surface area contributed by atoms with Gasteiger partial charge in [0.1, 0.15) is 5.75 Å². The lowest BCUT2D eigenvalue weighted by atomic mass is 9.87. The number of fused-ring (bicyclic) bond motifs is 1. The third kappa shape index (κ3) is 3.27. The van der Waals surface area contributed by atoms with E-state index in [1.165, 1.54) is 11.1 Å². The Kier molecular flexibility index (Phi) is 4.49. The fourth-order valence-corrected chi connectivity index (χ4v) is 3.50. The Bertz CT molecular complexity index is 470. The number of nitrogens with one attached hydrogen (secondary N) is 1. The van der Waals surface area contributed by atoms with Gasteiger partial charge in [0, 0.05) is 23.6 Å². The van der Waals surface area contributed by atoms with E-state index in [4.69, 9.17) is 16.3 Å². The van der Waals surface area contributed by atoms with Crippen LogP contribution in [0.25, 0.3) is 0 Å². The normalized spacial score (nSPS) is 25.3. The lowest BCUT2D eigenvalue weighted by molar-refractivity contribution is 0.108. The maximum Gasteiger partial charge on any atom is 0.127 e. The summed E-state index contributed by atoms with van der Waals surface area (Å²) in [6.45, 7) is 2.58. The zero-order chi connectivity index (χ0) is 13.9. The van der Waals surface area contributed by atoms with E-state index in [2.05, 4.69) is 5.32 Å². The summed E-state index contributed by atoms with van der Waals surface area (Å²) in [6, 6.07) is 4.01. The molecular formula is C16H22ClNO2. The quantitative estimate of drug-likeness (QED) is 0.897. The van der Waals surface area contributed by atoms with Gasteiger partial charge >= 0.3 is 0 Å². The van der Waals surface area contributed by atoms with Crippen LogP contribution < -0.4 is 10.1 Å². The number of benzene rings is 1. The van der Waals surface area contributed by atoms with E-state index < -0.39 is 0 Å². The van der Waals surface area contributed by atoms with Gasteiger partial charge < -0.3 is 15.2 Å². The van der Waals surface area contributed by atoms with E-state index in [1.54, 1.807) is 0 Å². The van der Waals surface area contributed by atoms with Crippen molar-refractivity contribution in [2.75, 3.05) is 13.2 Å². The highest BCUT2D eigenvalue weighted by atomic mass is 35.5. The number of hydrogen-bond donors (Lipinski definition) is 2. The van der Waals surface area contributed by atoms with Gasteiger partial charge in [-0.25, -0.2) is 0 Å². The molecule has 2 aliphatic rings. The number of rotatable bonds is 4. The van der Waals surface area contributed by atoms with Gasteiger partial charge in [0.2, 0.25) is 0 Å². The van der Waals surface area contributed by atoms with E-state index in [-0.39, 0.29) is 6.10 Å². The van der Waals surface area contributed by atoms with Crippen LogP contribution in [0.5, 0.6) is 5.75 Å². The molecule has 0 saturated heterocycles. The van der Waals surface area contributed by atoms with Gasteiger partial charge in [0.15, 0.2) is 0 Å². The van der Waals surface area contributed by atoms with Crippen molar-refractivity contribution >= 4 is 11.6 Å². The highest BCUT2D eigenvalue weighted by molar-refractivity contribution is 6.30. The molecule has 1 heterocycles. The second kappa shape index (κ2) is 6.33. The van der Waals surface area contributed by atoms with E-state index in [1.807, 2.05) is 12.1 Å². The maximum atomic E-state index is 9.52. The molecule has 1 aliphatic carbocycles. The van der Waals surface area contributed by atoms with Crippen molar-refractivity contribution in [1.82, 2.24) is 5.32 Å². The van der Waals surface area contributed by atoms with Crippen molar-refractivity contribution in [3.05, 3.63) is 28.3 Å². The summed E-state index contributed by atoms with van der Waals surface area (Å²) >= 11 is 6.16. The molecule has 1 fully saturated rings. The molecule has 3 nitrogen and oxygen atoms in total. The zero-order valence-corrected chi connectivity index (χ0v) is 12.5. The predicted molar refractivity (Wildman–Crippen MR) is 80.3 cm³/mol. The van der Waals surface area contributed by atoms with Crippen molar-refractivity contribution in [2.24, 2.45) is 5.92 Å². The first-order valence-electron chi connectivity index (χ1n) is 7.55. The van der Waals surface area contributed by atoms with Crippen LogP contribution in [0.2, 0.25) is 5.02 Å². The molecule has 0 radical (unpaired) electrons. The van der Waals surface area contributed by atoms with Gasteiger partial charge in [-0.15, -0.1) is 0 Å². The summed E-state index contributed by atoms with van der Waals surface area (Å²) in [4.78, 5) is 0. The molecular weight excluding hydrogens is 274 g/mol. The summed E-state index contributed by atoms with van der Waals surface area (Å²) in [6.07, 6.45) is 5.03. The standard InChI is InChI=1S/C16H22ClNO2/c17-14-7-12-5-6-20-16(12)13(8-14)10-18-9-11-1-3-15(19)4-2-11/h7-8,11,15,18-19H,1-6,9-10H2. The highest BCUT2D eigenvalue weighted by Gasteiger charge is 2.20. The summed E-state index contributed by atoms with van der Waals surface area (Å²) in [7, 11) is 0. The summed E-state index contributed by atoms with van der Waals surface area (Å²) < 4.78 is 5.71. The van der Waals surface area contributed by atoms with E-state index >= 15 is 0 Å². The Labute approximate surface area is 125 Å². The van der Waals surface area contributed by atoms with E-state index in [0.29, 0.717) is 5.92 Å². The molecule has 0 atom stereocenters. The lowest BCUT2D eigenvalue weighted by Crippen LogP contribution is -2.27. The van der Waals surface area contributed by atoms with Crippen LogP contribution in [0.15, 0.2) is 12.1 Å². The molecule has 1 aliphatic heterocycles. The lowest BCUT2D eigenvalue weighted by Gasteiger charge is -2.25. The summed E-state index contributed by atoms with van der Waals surface area (Å²) in [5.74, 6) is 1.72. The van der Waals surface area contributed by atoms with Gasteiger partial charge in [0.05, 0.1) is 12.7 Å². The van der Waals surface area contributed by atoms with Crippen molar-refractivity contribution in [1.29, 1.82) is 0 Å². The average molecular weight is 296 g/mol. The molecule has 20 heavy (non-hydrogen) atoms. The van der Waals surface area contributed by atoms with Crippen LogP contribution >= 0.6 is 11.6 Å². The van der Waals surface area contributed by atoms with Crippen molar-refractivity contribution in [3.63, 3.8) is 0 Å². The Morgan fingerprint density at radius 1 is 1.25 bits per heavy atom. The predicted octanol–water partition coefficient (Wildman–Crippen LogP) is 2.92. The summed E-state index contributed by atoms with van der Waals surface area (Å²) in [5, 5.41) is 13.8. The first-order chi connectivity index (χ1) is 9.72. The molecule has 2 N–H and O–H groups in total. The molecule has 0 aromatic heterocycles. The maximum absolute atomic E-state index is 9.52. The van der Waals surface area contributed by atoms with Gasteiger partial charge in [-0.05, 0) is 55.8 Å². The Balaban J connectivity index is 1.54. The second-order valence-electron chi connectivity index (χ2n) is 5.96. The summed E-state index contributed by atoms with van der Waals surface area (Å²) in [5.41, 5.74) is 2.40. The molecule has 4 heteroatoms. The molecule has 1 aromatic rings. The zero-order valence-electron chi connectivity index (χ0n) is 11.7. The van der Waals surface area contributed by atoms with Crippen LogP contribution in [-0.2, 0) is 13.0 Å². The van der Waals surface area contributed by atoms with E-state index in [9.17, 15) is 5.11 Å². The Morgan fingerprint density at radius 3 is 2.85 bits per heavy atom. The Morgan fingerprint density at radius 2 is 2.05 bits per heavy atom. The second-order valence-corrected chi connectivity index (χ2v) is 6.39. The third-order valence-corrected chi connectivity index (χ3v) is 4.61. The average Bonchev–Trinajstić information content (AvgIpc) is 2.89. The van der Waals surface area contributed by atoms with Crippen molar-refractivity contribution in [3.8, 4) is 5.75 Å². The molecule has 3 rings (SSSR count). The van der Waals surface area contributed by atoms with Crippen molar-refractivity contribution in [2.45, 2.75) is 44.8 Å². The molecule has 1 saturated carbocycles. The topological polar surface area (TPSA) is 41.5 Å². The van der Waals surface area contributed by atoms with Gasteiger partial charge in [-0.1, -0.05) is 11.6 Å². The first kappa shape index (κ1) is 14.2. The number of hydrogen-bond acceptors (Lipinski definition) is 3. The van der Waals surface area contributed by atoms with Crippen LogP contribution in [0.3, 0.4) is 0 Å².